The van der Waals surface area contributed by atoms with Crippen LogP contribution in [0.4, 0.5) is 26.3 Å². The summed E-state index contributed by atoms with van der Waals surface area (Å²) in [6, 6.07) is 0. The van der Waals surface area contributed by atoms with Gasteiger partial charge < -0.3 is 78.7 Å². The number of carboxylic acid groups (broad SMARTS) is 8. The molecule has 0 bridgehead atoms. The largest absolute Gasteiger partial charge is 0.481 e. The number of rotatable bonds is 32. The predicted molar refractivity (Wildman–Crippen MR) is 349 cm³/mol. The van der Waals surface area contributed by atoms with Gasteiger partial charge in [0.05, 0.1) is 57.8 Å². The van der Waals surface area contributed by atoms with Crippen LogP contribution in [0, 0.1) is 88.3 Å². The molecule has 35 nitrogen and oxygen atoms in total. The number of carboxylic acids is 8. The maximum atomic E-state index is 14.4. The van der Waals surface area contributed by atoms with Crippen molar-refractivity contribution in [3.63, 3.8) is 0 Å². The van der Waals surface area contributed by atoms with Crippen LogP contribution in [0.15, 0.2) is 0 Å². The SMILES string of the molecule is O=COC1CCC(C(=O)C2CCC(C(=O)O)C(C(=O)O)C2)CC1OC=O.O=COC1CCC(C(C2CCC(C(=O)O)C(C(=O)O)C2)(C(F)(F)F)C(F)(F)F)CC1OC=O.O=COC1CCC(CC2CCC(C(=O)O)C(C(=O)O)C2)CC1OC=O.O=COC1CCC(S(=O)(=O)C2CCC(C(=O)O)C(C(=O)O)C2)CC1OC=O. The Morgan fingerprint density at radius 2 is 0.559 bits per heavy atom. The van der Waals surface area contributed by atoms with Crippen molar-refractivity contribution in [1.29, 1.82) is 0 Å². The van der Waals surface area contributed by atoms with Gasteiger partial charge in [-0.05, 0) is 178 Å². The molecule has 0 aromatic heterocycles. The van der Waals surface area contributed by atoms with Crippen molar-refractivity contribution in [2.75, 3.05) is 0 Å². The van der Waals surface area contributed by atoms with Crippen molar-refractivity contribution in [2.24, 2.45) is 88.3 Å². The zero-order valence-corrected chi connectivity index (χ0v) is 60.2. The molecule has 0 radical (unpaired) electrons. The summed E-state index contributed by atoms with van der Waals surface area (Å²) in [7, 11) is -3.79. The second kappa shape index (κ2) is 41.8. The van der Waals surface area contributed by atoms with Gasteiger partial charge in [-0.3, -0.25) is 81.5 Å². The van der Waals surface area contributed by atoms with E-state index in [-0.39, 0.29) is 114 Å². The third-order valence-corrected chi connectivity index (χ3v) is 26.2. The van der Waals surface area contributed by atoms with Crippen molar-refractivity contribution >= 4 is 115 Å². The van der Waals surface area contributed by atoms with Crippen LogP contribution in [0.5, 0.6) is 0 Å². The summed E-state index contributed by atoms with van der Waals surface area (Å²) in [6.45, 7) is 1.39. The molecule has 0 heterocycles. The van der Waals surface area contributed by atoms with Crippen molar-refractivity contribution in [2.45, 2.75) is 232 Å². The summed E-state index contributed by atoms with van der Waals surface area (Å²) in [5.74, 6) is -25.3. The minimum atomic E-state index is -5.89. The van der Waals surface area contributed by atoms with Crippen LogP contribution < -0.4 is 0 Å². The lowest BCUT2D eigenvalue weighted by atomic mass is 9.55. The highest BCUT2D eigenvalue weighted by atomic mass is 32.2. The summed E-state index contributed by atoms with van der Waals surface area (Å²) in [4.78, 5) is 189. The van der Waals surface area contributed by atoms with Crippen molar-refractivity contribution in [3.05, 3.63) is 0 Å². The summed E-state index contributed by atoms with van der Waals surface area (Å²) in [6.07, 6.45) is -17.5. The average Bonchev–Trinajstić information content (AvgIpc) is 0.710. The van der Waals surface area contributed by atoms with Crippen molar-refractivity contribution in [1.82, 2.24) is 0 Å². The highest BCUT2D eigenvalue weighted by Gasteiger charge is 2.77. The minimum Gasteiger partial charge on any atom is -0.481 e. The lowest BCUT2D eigenvalue weighted by Gasteiger charge is -2.52. The number of halogens is 6. The van der Waals surface area contributed by atoms with E-state index < -0.39 is 244 Å². The quantitative estimate of drug-likeness (QED) is 0.0241. The van der Waals surface area contributed by atoms with E-state index >= 15 is 0 Å². The van der Waals surface area contributed by atoms with E-state index in [0.29, 0.717) is 64.3 Å². The molecular weight excluding hydrogens is 1530 g/mol. The number of sulfone groups is 1. The maximum Gasteiger partial charge on any atom is 0.403 e. The molecule has 0 aromatic rings. The number of ether oxygens (including phenoxy) is 8. The first-order chi connectivity index (χ1) is 52.3. The lowest BCUT2D eigenvalue weighted by molar-refractivity contribution is -0.385. The van der Waals surface area contributed by atoms with E-state index in [0.717, 1.165) is 12.8 Å². The van der Waals surface area contributed by atoms with Gasteiger partial charge >= 0.3 is 60.1 Å². The minimum absolute atomic E-state index is 0.00486. The molecule has 0 aromatic carbocycles. The van der Waals surface area contributed by atoms with Gasteiger partial charge in [0.1, 0.15) is 54.6 Å². The van der Waals surface area contributed by atoms with Crippen LogP contribution in [0.3, 0.4) is 0 Å². The number of carbonyl (C=O) groups is 17. The molecule has 8 saturated carbocycles. The third kappa shape index (κ3) is 23.4. The Morgan fingerprint density at radius 1 is 0.288 bits per heavy atom. The highest BCUT2D eigenvalue weighted by Crippen LogP contribution is 2.66. The Balaban J connectivity index is 0.000000266. The van der Waals surface area contributed by atoms with Crippen LogP contribution in [-0.4, -0.2) is 226 Å². The summed E-state index contributed by atoms with van der Waals surface area (Å²) < 4.78 is 151. The maximum absolute atomic E-state index is 14.4. The Labute approximate surface area is 628 Å². The lowest BCUT2D eigenvalue weighted by Crippen LogP contribution is -2.62. The molecule has 624 valence electrons. The third-order valence-electron chi connectivity index (χ3n) is 23.5. The molecule has 8 aliphatic rings. The molecular formula is C69H90F6O35S. The number of alkyl halides is 6. The summed E-state index contributed by atoms with van der Waals surface area (Å²) in [5, 5.41) is 72.1. The van der Waals surface area contributed by atoms with E-state index in [1.54, 1.807) is 0 Å². The molecule has 8 fully saturated rings. The molecule has 24 atom stereocenters. The zero-order valence-electron chi connectivity index (χ0n) is 59.4. The standard InChI is InChI=1S/C19H22F6O8.C17H22O9.C17H24O8.C16H22O10S/c20-18(21,22)17(19(23,24)25,9-1-3-11(15(28)29)12(5-9)16(30)31)10-2-4-13(32-7-26)14(6-10)33-8-27;18-7-25-13-4-2-10(6-14(13)26-8-19)15(20)9-1-3-11(16(21)22)12(5-9)17(23)24;18-8-24-14-4-2-11(7-15(14)25-9-19)5-10-1-3-12(16(20)21)13(6-10)17(22)23;17-7-25-13-4-2-10(6-14(13)26-8-18)27(23,24)9-1-3-11(15(19)20)12(5-9)16(21)22/h7-14H,1-6H2,(H,28,29)(H,30,31);7-14H,1-6H2,(H,21,22)(H,23,24);8-15H,1-7H2,(H,20,21)(H,22,23);7-14H,1-6H2,(H,19,20)(H,21,22). The number of carbonyl (C=O) groups excluding carboxylic acids is 9. The van der Waals surface area contributed by atoms with E-state index in [4.69, 9.17) is 38.6 Å². The fourth-order valence-corrected chi connectivity index (χ4v) is 20.5. The Bertz CT molecular complexity index is 3370. The van der Waals surface area contributed by atoms with Crippen LogP contribution >= 0.6 is 0 Å². The van der Waals surface area contributed by atoms with Gasteiger partial charge in [-0.2, -0.15) is 26.3 Å². The fraction of sp³-hybridized carbons (Fsp3) is 0.754. The van der Waals surface area contributed by atoms with E-state index in [1.165, 1.54) is 0 Å². The normalized spacial score (nSPS) is 33.6. The topological polar surface area (TPSA) is 560 Å². The number of Topliss-reactive ketones (excluding diaryl/α,β-unsaturated/α-hetero) is 1. The Hall–Kier alpha value is -9.28. The molecule has 111 heavy (non-hydrogen) atoms. The first kappa shape index (κ1) is 92.3. The summed E-state index contributed by atoms with van der Waals surface area (Å²) in [5.41, 5.74) is -4.38. The molecule has 42 heteroatoms. The van der Waals surface area contributed by atoms with Gasteiger partial charge in [0, 0.05) is 18.3 Å². The second-order valence-electron chi connectivity index (χ2n) is 29.1. The van der Waals surface area contributed by atoms with Gasteiger partial charge in [-0.15, -0.1) is 0 Å². The van der Waals surface area contributed by atoms with Gasteiger partial charge in [0.15, 0.2) is 15.3 Å². The van der Waals surface area contributed by atoms with Crippen LogP contribution in [-0.2, 0) is 129 Å². The average molecular weight is 1630 g/mol. The molecule has 0 aliphatic heterocycles. The molecule has 0 amide bonds. The fourth-order valence-electron chi connectivity index (χ4n) is 18.1. The Kier molecular flexibility index (Phi) is 34.8. The molecule has 0 saturated heterocycles. The van der Waals surface area contributed by atoms with Crippen molar-refractivity contribution < 1.29 is 195 Å². The zero-order chi connectivity index (χ0) is 83.0. The molecule has 8 N–H and O–H groups in total. The smallest absolute Gasteiger partial charge is 0.403 e. The van der Waals surface area contributed by atoms with E-state index in [2.05, 4.69) is 9.47 Å². The molecule has 24 unspecified atom stereocenters. The molecule has 8 rings (SSSR count). The first-order valence-corrected chi connectivity index (χ1v) is 37.3. The second-order valence-corrected chi connectivity index (χ2v) is 31.6. The van der Waals surface area contributed by atoms with E-state index in [9.17, 15) is 147 Å². The summed E-state index contributed by atoms with van der Waals surface area (Å²) >= 11 is 0. The molecule has 0 spiro atoms. The monoisotopic (exact) mass is 1620 g/mol. The molecule has 8 aliphatic carbocycles. The number of hydrogen-bond donors (Lipinski definition) is 8. The van der Waals surface area contributed by atoms with E-state index in [1.807, 2.05) is 0 Å². The van der Waals surface area contributed by atoms with Crippen LogP contribution in [0.1, 0.15) is 161 Å². The van der Waals surface area contributed by atoms with Crippen LogP contribution in [0.2, 0.25) is 0 Å². The van der Waals surface area contributed by atoms with Gasteiger partial charge in [0.2, 0.25) is 0 Å². The number of hydrogen-bond acceptors (Lipinski definition) is 27. The first-order valence-electron chi connectivity index (χ1n) is 35.7. The van der Waals surface area contributed by atoms with Gasteiger partial charge in [0.25, 0.3) is 51.8 Å². The number of ketones is 1. The van der Waals surface area contributed by atoms with Crippen molar-refractivity contribution in [3.8, 4) is 0 Å². The van der Waals surface area contributed by atoms with Crippen LogP contribution in [0.25, 0.3) is 0 Å². The van der Waals surface area contributed by atoms with Gasteiger partial charge in [-0.1, -0.05) is 0 Å². The number of aliphatic carboxylic acids is 8. The predicted octanol–water partition coefficient (Wildman–Crippen LogP) is 5.28. The Morgan fingerprint density at radius 3 is 0.991 bits per heavy atom. The van der Waals surface area contributed by atoms with Gasteiger partial charge in [-0.25, -0.2) is 8.42 Å². The highest BCUT2D eigenvalue weighted by molar-refractivity contribution is 7.92.